The van der Waals surface area contributed by atoms with E-state index in [9.17, 15) is 9.59 Å². The molecule has 0 N–H and O–H groups in total. The van der Waals surface area contributed by atoms with Crippen molar-refractivity contribution in [2.24, 2.45) is 11.3 Å². The molecule has 0 unspecified atom stereocenters. The van der Waals surface area contributed by atoms with Gasteiger partial charge in [0.05, 0.1) is 17.8 Å². The van der Waals surface area contributed by atoms with Crippen LogP contribution in [0, 0.1) is 11.3 Å². The summed E-state index contributed by atoms with van der Waals surface area (Å²) in [6, 6.07) is 0. The van der Waals surface area contributed by atoms with E-state index in [1.807, 2.05) is 13.8 Å². The van der Waals surface area contributed by atoms with Crippen LogP contribution in [0.25, 0.3) is 10.2 Å². The zero-order valence-corrected chi connectivity index (χ0v) is 17.1. The molecule has 2 aromatic heterocycles. The van der Waals surface area contributed by atoms with Crippen LogP contribution >= 0.6 is 11.3 Å². The largest absolute Gasteiger partial charge is 0.461 e. The SMILES string of the molecule is CC[C@H](C)OC(=O)Cn1cnc2sc3c(c2c1=O)CC[C@H](C(C)(C)C)C3. The Balaban J connectivity index is 1.91. The van der Waals surface area contributed by atoms with Crippen LogP contribution in [-0.4, -0.2) is 21.6 Å². The molecule has 6 heteroatoms. The number of aromatic nitrogens is 2. The van der Waals surface area contributed by atoms with E-state index in [2.05, 4.69) is 25.8 Å². The summed E-state index contributed by atoms with van der Waals surface area (Å²) in [6.45, 7) is 10.6. The van der Waals surface area contributed by atoms with Crippen molar-refractivity contribution in [2.75, 3.05) is 0 Å². The van der Waals surface area contributed by atoms with Crippen LogP contribution in [0.2, 0.25) is 0 Å². The lowest BCUT2D eigenvalue weighted by Gasteiger charge is -2.33. The van der Waals surface area contributed by atoms with Crippen molar-refractivity contribution in [2.45, 2.75) is 73.0 Å². The van der Waals surface area contributed by atoms with E-state index in [4.69, 9.17) is 4.74 Å². The van der Waals surface area contributed by atoms with E-state index in [1.54, 1.807) is 11.3 Å². The molecular weight excluding hydrogens is 348 g/mol. The summed E-state index contributed by atoms with van der Waals surface area (Å²) in [6.07, 6.45) is 5.10. The molecule has 0 fully saturated rings. The first-order valence-electron chi connectivity index (χ1n) is 9.39. The van der Waals surface area contributed by atoms with Crippen molar-refractivity contribution >= 4 is 27.5 Å². The van der Waals surface area contributed by atoms with Gasteiger partial charge in [-0.25, -0.2) is 4.98 Å². The summed E-state index contributed by atoms with van der Waals surface area (Å²) >= 11 is 1.63. The maximum atomic E-state index is 13.0. The van der Waals surface area contributed by atoms with Crippen molar-refractivity contribution in [1.82, 2.24) is 9.55 Å². The summed E-state index contributed by atoms with van der Waals surface area (Å²) < 4.78 is 6.68. The van der Waals surface area contributed by atoms with Crippen molar-refractivity contribution in [3.05, 3.63) is 27.1 Å². The molecule has 1 aliphatic carbocycles. The smallest absolute Gasteiger partial charge is 0.326 e. The maximum Gasteiger partial charge on any atom is 0.326 e. The van der Waals surface area contributed by atoms with Crippen LogP contribution in [0.5, 0.6) is 0 Å². The summed E-state index contributed by atoms with van der Waals surface area (Å²) in [5.74, 6) is 0.232. The first kappa shape index (κ1) is 19.1. The van der Waals surface area contributed by atoms with Gasteiger partial charge in [0.25, 0.3) is 5.56 Å². The fourth-order valence-electron chi connectivity index (χ4n) is 3.54. The van der Waals surface area contributed by atoms with Gasteiger partial charge in [-0.1, -0.05) is 27.7 Å². The summed E-state index contributed by atoms with van der Waals surface area (Å²) in [7, 11) is 0. The molecule has 0 aliphatic heterocycles. The first-order chi connectivity index (χ1) is 12.2. The Morgan fingerprint density at radius 1 is 1.46 bits per heavy atom. The van der Waals surface area contributed by atoms with Crippen LogP contribution in [0.15, 0.2) is 11.1 Å². The van der Waals surface area contributed by atoms with Gasteiger partial charge in [0.1, 0.15) is 11.4 Å². The van der Waals surface area contributed by atoms with Gasteiger partial charge in [0, 0.05) is 4.88 Å². The molecule has 0 spiro atoms. The highest BCUT2D eigenvalue weighted by atomic mass is 32.1. The van der Waals surface area contributed by atoms with Gasteiger partial charge in [0.15, 0.2) is 0 Å². The predicted molar refractivity (Wildman–Crippen MR) is 105 cm³/mol. The van der Waals surface area contributed by atoms with Gasteiger partial charge in [0.2, 0.25) is 0 Å². The number of ether oxygens (including phenoxy) is 1. The highest BCUT2D eigenvalue weighted by Crippen LogP contribution is 2.41. The fraction of sp³-hybridized carbons (Fsp3) is 0.650. The molecule has 0 saturated carbocycles. The molecule has 142 valence electrons. The number of aryl methyl sites for hydroxylation is 1. The number of carbonyl (C=O) groups excluding carboxylic acids is 1. The number of nitrogens with zero attached hydrogens (tertiary/aromatic N) is 2. The van der Waals surface area contributed by atoms with Crippen molar-refractivity contribution in [1.29, 1.82) is 0 Å². The lowest BCUT2D eigenvalue weighted by Crippen LogP contribution is -2.28. The second-order valence-corrected chi connectivity index (χ2v) is 9.46. The van der Waals surface area contributed by atoms with E-state index in [1.165, 1.54) is 15.8 Å². The van der Waals surface area contributed by atoms with Gasteiger partial charge in [-0.3, -0.25) is 14.2 Å². The van der Waals surface area contributed by atoms with Gasteiger partial charge >= 0.3 is 5.97 Å². The van der Waals surface area contributed by atoms with Crippen LogP contribution in [0.3, 0.4) is 0 Å². The molecular formula is C20H28N2O3S. The summed E-state index contributed by atoms with van der Waals surface area (Å²) in [4.78, 5) is 31.5. The van der Waals surface area contributed by atoms with Gasteiger partial charge in [-0.15, -0.1) is 11.3 Å². The maximum absolute atomic E-state index is 13.0. The number of rotatable bonds is 4. The third-order valence-electron chi connectivity index (χ3n) is 5.47. The van der Waals surface area contributed by atoms with E-state index >= 15 is 0 Å². The zero-order chi connectivity index (χ0) is 19.1. The van der Waals surface area contributed by atoms with Crippen molar-refractivity contribution < 1.29 is 9.53 Å². The third kappa shape index (κ3) is 3.70. The molecule has 0 bridgehead atoms. The van der Waals surface area contributed by atoms with Crippen LogP contribution < -0.4 is 5.56 Å². The van der Waals surface area contributed by atoms with E-state index < -0.39 is 0 Å². The molecule has 0 saturated heterocycles. The minimum Gasteiger partial charge on any atom is -0.461 e. The quantitative estimate of drug-likeness (QED) is 0.758. The minimum atomic E-state index is -0.389. The summed E-state index contributed by atoms with van der Waals surface area (Å²) in [5.41, 5.74) is 1.29. The number of carbonyl (C=O) groups is 1. The molecule has 1 aliphatic rings. The molecule has 0 radical (unpaired) electrons. The Morgan fingerprint density at radius 2 is 2.19 bits per heavy atom. The molecule has 2 aromatic rings. The van der Waals surface area contributed by atoms with E-state index in [0.29, 0.717) is 11.3 Å². The normalized spacial score (nSPS) is 18.6. The van der Waals surface area contributed by atoms with Crippen LogP contribution in [-0.2, 0) is 28.9 Å². The number of thiophene rings is 1. The Labute approximate surface area is 158 Å². The molecule has 2 heterocycles. The fourth-order valence-corrected chi connectivity index (χ4v) is 4.79. The van der Waals surface area contributed by atoms with Crippen LogP contribution in [0.4, 0.5) is 0 Å². The number of esters is 1. The van der Waals surface area contributed by atoms with Gasteiger partial charge in [-0.2, -0.15) is 0 Å². The minimum absolute atomic E-state index is 0.0820. The monoisotopic (exact) mass is 376 g/mol. The van der Waals surface area contributed by atoms with Gasteiger partial charge in [-0.05, 0) is 49.5 Å². The number of fused-ring (bicyclic) bond motifs is 3. The van der Waals surface area contributed by atoms with Gasteiger partial charge < -0.3 is 4.74 Å². The standard InChI is InChI=1S/C20H28N2O3S/c1-6-12(2)25-16(23)10-22-11-21-18-17(19(22)24)14-8-7-13(20(3,4)5)9-15(14)26-18/h11-13H,6-10H2,1-5H3/t12-,13-/m0/s1. The third-order valence-corrected chi connectivity index (χ3v) is 6.63. The Kier molecular flexibility index (Phi) is 5.24. The molecule has 3 rings (SSSR count). The van der Waals surface area contributed by atoms with Crippen molar-refractivity contribution in [3.8, 4) is 0 Å². The second kappa shape index (κ2) is 7.14. The zero-order valence-electron chi connectivity index (χ0n) is 16.3. The molecule has 0 aromatic carbocycles. The highest BCUT2D eigenvalue weighted by Gasteiger charge is 2.31. The summed E-state index contributed by atoms with van der Waals surface area (Å²) in [5, 5.41) is 0.705. The van der Waals surface area contributed by atoms with E-state index in [-0.39, 0.29) is 29.6 Å². The lowest BCUT2D eigenvalue weighted by atomic mass is 9.72. The molecule has 5 nitrogen and oxygen atoms in total. The average molecular weight is 377 g/mol. The second-order valence-electron chi connectivity index (χ2n) is 8.38. The molecule has 2 atom stereocenters. The lowest BCUT2D eigenvalue weighted by molar-refractivity contribution is -0.149. The highest BCUT2D eigenvalue weighted by molar-refractivity contribution is 7.18. The Morgan fingerprint density at radius 3 is 2.85 bits per heavy atom. The number of hydrogen-bond acceptors (Lipinski definition) is 5. The average Bonchev–Trinajstić information content (AvgIpc) is 2.94. The molecule has 26 heavy (non-hydrogen) atoms. The predicted octanol–water partition coefficient (Wildman–Crippen LogP) is 3.95. The Hall–Kier alpha value is -1.69. The van der Waals surface area contributed by atoms with E-state index in [0.717, 1.165) is 36.1 Å². The molecule has 0 amide bonds. The van der Waals surface area contributed by atoms with Crippen molar-refractivity contribution in [3.63, 3.8) is 0 Å². The first-order valence-corrected chi connectivity index (χ1v) is 10.2. The topological polar surface area (TPSA) is 61.2 Å². The van der Waals surface area contributed by atoms with Crippen LogP contribution in [0.1, 0.15) is 57.9 Å². The number of hydrogen-bond donors (Lipinski definition) is 0. The Bertz CT molecular complexity index is 876.